The summed E-state index contributed by atoms with van der Waals surface area (Å²) in [5.74, 6) is 5.94. The number of aryl methyl sites for hydroxylation is 1. The Kier molecular flexibility index (Phi) is 4.78. The zero-order valence-corrected chi connectivity index (χ0v) is 12.9. The number of nitrogens with zero attached hydrogens (tertiary/aromatic N) is 1. The van der Waals surface area contributed by atoms with Crippen LogP contribution < -0.4 is 11.3 Å². The van der Waals surface area contributed by atoms with E-state index >= 15 is 0 Å². The fourth-order valence-corrected chi connectivity index (χ4v) is 4.23. The highest BCUT2D eigenvalue weighted by Gasteiger charge is 2.33. The van der Waals surface area contributed by atoms with Crippen LogP contribution in [0, 0.1) is 12.8 Å². The van der Waals surface area contributed by atoms with Crippen LogP contribution in [0.25, 0.3) is 0 Å². The Bertz CT molecular complexity index is 542. The second-order valence-corrected chi connectivity index (χ2v) is 8.08. The molecule has 0 aromatic carbocycles. The molecular weight excluding hydrogens is 274 g/mol. The summed E-state index contributed by atoms with van der Waals surface area (Å²) in [5.41, 5.74) is 4.83. The largest absolute Gasteiger partial charge is 0.271 e. The molecule has 0 saturated heterocycles. The molecule has 0 aliphatic heterocycles. The summed E-state index contributed by atoms with van der Waals surface area (Å²) < 4.78 is 23.5. The van der Waals surface area contributed by atoms with Crippen LogP contribution in [0.4, 0.5) is 0 Å². The molecule has 20 heavy (non-hydrogen) atoms. The lowest BCUT2D eigenvalue weighted by molar-refractivity contribution is 0.274. The zero-order chi connectivity index (χ0) is 14.8. The van der Waals surface area contributed by atoms with Crippen LogP contribution >= 0.6 is 0 Å². The van der Waals surface area contributed by atoms with E-state index < -0.39 is 9.84 Å². The molecule has 1 aliphatic carbocycles. The van der Waals surface area contributed by atoms with Crippen LogP contribution in [0.2, 0.25) is 0 Å². The van der Waals surface area contributed by atoms with Gasteiger partial charge in [-0.1, -0.05) is 12.5 Å². The van der Waals surface area contributed by atoms with Crippen LogP contribution in [-0.4, -0.2) is 24.9 Å². The van der Waals surface area contributed by atoms with Gasteiger partial charge in [-0.2, -0.15) is 0 Å². The maximum absolute atomic E-state index is 11.8. The number of aromatic nitrogens is 1. The molecule has 6 heteroatoms. The van der Waals surface area contributed by atoms with Gasteiger partial charge in [0.25, 0.3) is 0 Å². The van der Waals surface area contributed by atoms with Crippen LogP contribution in [0.1, 0.15) is 43.0 Å². The summed E-state index contributed by atoms with van der Waals surface area (Å²) in [4.78, 5) is 4.30. The fourth-order valence-electron chi connectivity index (χ4n) is 3.04. The Hall–Kier alpha value is -0.980. The van der Waals surface area contributed by atoms with Crippen LogP contribution in [0.3, 0.4) is 0 Å². The van der Waals surface area contributed by atoms with Gasteiger partial charge in [-0.3, -0.25) is 16.3 Å². The Morgan fingerprint density at radius 2 is 2.15 bits per heavy atom. The number of hydrogen-bond donors (Lipinski definition) is 2. The maximum atomic E-state index is 11.8. The topological polar surface area (TPSA) is 85.1 Å². The van der Waals surface area contributed by atoms with Gasteiger partial charge in [-0.05, 0) is 43.7 Å². The predicted molar refractivity (Wildman–Crippen MR) is 79.6 cm³/mol. The molecule has 1 aliphatic rings. The molecule has 3 unspecified atom stereocenters. The smallest absolute Gasteiger partial charge is 0.150 e. The van der Waals surface area contributed by atoms with Gasteiger partial charge in [-0.25, -0.2) is 8.42 Å². The number of nitrogens with one attached hydrogen (secondary N) is 1. The summed E-state index contributed by atoms with van der Waals surface area (Å²) in [7, 11) is -2.97. The summed E-state index contributed by atoms with van der Waals surface area (Å²) in [5, 5.41) is -0.240. The normalized spacial score (nSPS) is 25.4. The van der Waals surface area contributed by atoms with E-state index in [9.17, 15) is 8.42 Å². The van der Waals surface area contributed by atoms with Gasteiger partial charge in [0.15, 0.2) is 0 Å². The number of hydrazine groups is 1. The van der Waals surface area contributed by atoms with Crippen molar-refractivity contribution < 1.29 is 8.42 Å². The summed E-state index contributed by atoms with van der Waals surface area (Å²) in [6, 6.07) is 3.93. The highest BCUT2D eigenvalue weighted by Crippen LogP contribution is 2.36. The molecular formula is C14H23N3O2S. The van der Waals surface area contributed by atoms with E-state index in [4.69, 9.17) is 5.84 Å². The lowest BCUT2D eigenvalue weighted by Crippen LogP contribution is -2.38. The van der Waals surface area contributed by atoms with E-state index in [-0.39, 0.29) is 17.2 Å². The lowest BCUT2D eigenvalue weighted by Gasteiger charge is -2.33. The summed E-state index contributed by atoms with van der Waals surface area (Å²) in [6.45, 7) is 1.94. The summed E-state index contributed by atoms with van der Waals surface area (Å²) >= 11 is 0. The second kappa shape index (κ2) is 6.20. The van der Waals surface area contributed by atoms with Gasteiger partial charge < -0.3 is 0 Å². The van der Waals surface area contributed by atoms with Gasteiger partial charge in [0.1, 0.15) is 9.84 Å². The van der Waals surface area contributed by atoms with E-state index in [1.807, 2.05) is 25.3 Å². The third-order valence-electron chi connectivity index (χ3n) is 4.22. The molecule has 3 atom stereocenters. The van der Waals surface area contributed by atoms with E-state index in [1.165, 1.54) is 6.26 Å². The number of sulfone groups is 1. The van der Waals surface area contributed by atoms with Crippen molar-refractivity contribution >= 4 is 9.84 Å². The fraction of sp³-hybridized carbons (Fsp3) is 0.643. The van der Waals surface area contributed by atoms with Crippen LogP contribution in [0.15, 0.2) is 18.3 Å². The Morgan fingerprint density at radius 3 is 2.70 bits per heavy atom. The van der Waals surface area contributed by atoms with Gasteiger partial charge in [0.2, 0.25) is 0 Å². The number of hydrogen-bond acceptors (Lipinski definition) is 5. The van der Waals surface area contributed by atoms with Gasteiger partial charge in [-0.15, -0.1) is 0 Å². The van der Waals surface area contributed by atoms with Crippen molar-refractivity contribution in [2.45, 2.75) is 43.9 Å². The molecule has 1 fully saturated rings. The molecule has 0 spiro atoms. The van der Waals surface area contributed by atoms with Crippen molar-refractivity contribution in [2.24, 2.45) is 11.8 Å². The first-order chi connectivity index (χ1) is 9.41. The minimum atomic E-state index is -2.97. The van der Waals surface area contributed by atoms with E-state index in [2.05, 4.69) is 10.4 Å². The van der Waals surface area contributed by atoms with E-state index in [0.29, 0.717) is 6.42 Å². The number of pyridine rings is 1. The van der Waals surface area contributed by atoms with Crippen LogP contribution in [0.5, 0.6) is 0 Å². The Labute approximate surface area is 120 Å². The highest BCUT2D eigenvalue weighted by atomic mass is 32.2. The van der Waals surface area contributed by atoms with Gasteiger partial charge >= 0.3 is 0 Å². The van der Waals surface area contributed by atoms with Crippen molar-refractivity contribution in [2.75, 3.05) is 6.26 Å². The highest BCUT2D eigenvalue weighted by molar-refractivity contribution is 7.91. The Balaban J connectivity index is 2.17. The van der Waals surface area contributed by atoms with Crippen molar-refractivity contribution in [3.05, 3.63) is 29.6 Å². The molecule has 3 N–H and O–H groups in total. The number of nitrogens with two attached hydrogens (primary N) is 1. The molecule has 0 radical (unpaired) electrons. The Morgan fingerprint density at radius 1 is 1.40 bits per heavy atom. The standard InChI is InChI=1S/C14H23N3O2S/c1-10-6-7-12(9-16-10)14(17-15)11-4-3-5-13(8-11)20(2,18)19/h6-7,9,11,13-14,17H,3-5,8,15H2,1-2H3. The van der Waals surface area contributed by atoms with Crippen molar-refractivity contribution in [3.63, 3.8) is 0 Å². The van der Waals surface area contributed by atoms with Crippen LogP contribution in [-0.2, 0) is 9.84 Å². The van der Waals surface area contributed by atoms with Crippen molar-refractivity contribution in [1.29, 1.82) is 0 Å². The molecule has 5 nitrogen and oxygen atoms in total. The minimum absolute atomic E-state index is 0.0346. The average Bonchev–Trinajstić information content (AvgIpc) is 2.41. The second-order valence-electron chi connectivity index (χ2n) is 5.76. The van der Waals surface area contributed by atoms with Crippen molar-refractivity contribution in [3.8, 4) is 0 Å². The SMILES string of the molecule is Cc1ccc(C(NN)C2CCCC(S(C)(=O)=O)C2)cn1. The minimum Gasteiger partial charge on any atom is -0.271 e. The third kappa shape index (κ3) is 3.56. The van der Waals surface area contributed by atoms with Gasteiger partial charge in [0.05, 0.1) is 11.3 Å². The number of rotatable bonds is 4. The maximum Gasteiger partial charge on any atom is 0.150 e. The molecule has 1 saturated carbocycles. The molecule has 1 heterocycles. The molecule has 112 valence electrons. The first-order valence-electron chi connectivity index (χ1n) is 6.99. The molecule has 1 aromatic heterocycles. The summed E-state index contributed by atoms with van der Waals surface area (Å²) in [6.07, 6.45) is 6.51. The lowest BCUT2D eigenvalue weighted by atomic mass is 9.81. The van der Waals surface area contributed by atoms with E-state index in [1.54, 1.807) is 0 Å². The molecule has 1 aromatic rings. The quantitative estimate of drug-likeness (QED) is 0.650. The zero-order valence-electron chi connectivity index (χ0n) is 12.0. The molecule has 0 amide bonds. The predicted octanol–water partition coefficient (Wildman–Crippen LogP) is 1.50. The first kappa shape index (κ1) is 15.4. The first-order valence-corrected chi connectivity index (χ1v) is 8.95. The van der Waals surface area contributed by atoms with Gasteiger partial charge in [0, 0.05) is 18.1 Å². The third-order valence-corrected chi connectivity index (χ3v) is 5.86. The molecule has 0 bridgehead atoms. The molecule has 2 rings (SSSR count). The average molecular weight is 297 g/mol. The van der Waals surface area contributed by atoms with Crippen molar-refractivity contribution in [1.82, 2.24) is 10.4 Å². The van der Waals surface area contributed by atoms with E-state index in [0.717, 1.165) is 30.5 Å². The monoisotopic (exact) mass is 297 g/mol.